The van der Waals surface area contributed by atoms with Gasteiger partial charge in [-0.1, -0.05) is 30.3 Å². The van der Waals surface area contributed by atoms with E-state index in [1.807, 2.05) is 36.4 Å². The van der Waals surface area contributed by atoms with Gasteiger partial charge in [0.1, 0.15) is 5.76 Å². The van der Waals surface area contributed by atoms with E-state index in [4.69, 9.17) is 4.42 Å². The first-order valence-electron chi connectivity index (χ1n) is 7.67. The first-order chi connectivity index (χ1) is 11.6. The van der Waals surface area contributed by atoms with Gasteiger partial charge in [-0.05, 0) is 35.0 Å². The molecule has 3 aromatic rings. The predicted octanol–water partition coefficient (Wildman–Crippen LogP) is 2.82. The second kappa shape index (κ2) is 7.00. The van der Waals surface area contributed by atoms with Crippen LogP contribution in [0.15, 0.2) is 65.3 Å². The molecule has 0 bridgehead atoms. The highest BCUT2D eigenvalue weighted by molar-refractivity contribution is 5.99. The lowest BCUT2D eigenvalue weighted by atomic mass is 10.1. The highest BCUT2D eigenvalue weighted by atomic mass is 16.3. The summed E-state index contributed by atoms with van der Waals surface area (Å²) in [6.45, 7) is 0.320. The zero-order valence-corrected chi connectivity index (χ0v) is 13.4. The Morgan fingerprint density at radius 1 is 1.04 bits per heavy atom. The minimum atomic E-state index is -0.263. The van der Waals surface area contributed by atoms with E-state index in [0.717, 1.165) is 10.8 Å². The molecule has 0 saturated carbocycles. The number of nitrogens with zero attached hydrogens (tertiary/aromatic N) is 1. The topological polar surface area (TPSA) is 62.6 Å². The smallest absolute Gasteiger partial charge is 0.251 e. The summed E-state index contributed by atoms with van der Waals surface area (Å²) in [6.07, 6.45) is 1.56. The third kappa shape index (κ3) is 3.63. The van der Waals surface area contributed by atoms with Gasteiger partial charge in [0.2, 0.25) is 5.91 Å². The van der Waals surface area contributed by atoms with Crippen molar-refractivity contribution in [1.82, 2.24) is 10.2 Å². The van der Waals surface area contributed by atoms with E-state index in [-0.39, 0.29) is 18.4 Å². The maximum absolute atomic E-state index is 12.2. The minimum Gasteiger partial charge on any atom is -0.467 e. The van der Waals surface area contributed by atoms with Crippen molar-refractivity contribution in [2.24, 2.45) is 0 Å². The third-order valence-corrected chi connectivity index (χ3v) is 3.81. The summed E-state index contributed by atoms with van der Waals surface area (Å²) in [5, 5.41) is 4.73. The van der Waals surface area contributed by atoms with Gasteiger partial charge in [-0.2, -0.15) is 0 Å². The lowest BCUT2D eigenvalue weighted by Gasteiger charge is -2.16. The molecule has 1 aromatic heterocycles. The van der Waals surface area contributed by atoms with Gasteiger partial charge in [0.05, 0.1) is 19.4 Å². The van der Waals surface area contributed by atoms with Crippen LogP contribution < -0.4 is 5.32 Å². The highest BCUT2D eigenvalue weighted by Crippen LogP contribution is 2.15. The number of hydrogen-bond acceptors (Lipinski definition) is 3. The molecular weight excluding hydrogens is 304 g/mol. The van der Waals surface area contributed by atoms with Crippen molar-refractivity contribution in [3.63, 3.8) is 0 Å². The molecule has 0 fully saturated rings. The molecule has 5 nitrogen and oxygen atoms in total. The van der Waals surface area contributed by atoms with Crippen molar-refractivity contribution < 1.29 is 14.0 Å². The summed E-state index contributed by atoms with van der Waals surface area (Å²) in [5.74, 6) is 0.257. The standard InChI is InChI=1S/C19H18N2O3/c1-21(13-17-7-4-10-24-17)18(22)12-20-19(23)16-9-8-14-5-2-3-6-15(14)11-16/h2-11H,12-13H2,1H3,(H,20,23). The van der Waals surface area contributed by atoms with Crippen molar-refractivity contribution in [3.8, 4) is 0 Å². The van der Waals surface area contributed by atoms with Gasteiger partial charge >= 0.3 is 0 Å². The Labute approximate surface area is 139 Å². The number of carbonyl (C=O) groups is 2. The van der Waals surface area contributed by atoms with E-state index in [1.165, 1.54) is 4.90 Å². The van der Waals surface area contributed by atoms with Crippen molar-refractivity contribution in [2.45, 2.75) is 6.54 Å². The zero-order chi connectivity index (χ0) is 16.9. The molecule has 2 amide bonds. The van der Waals surface area contributed by atoms with Crippen LogP contribution in [0.4, 0.5) is 0 Å². The van der Waals surface area contributed by atoms with Crippen LogP contribution in [0.3, 0.4) is 0 Å². The van der Waals surface area contributed by atoms with E-state index < -0.39 is 0 Å². The van der Waals surface area contributed by atoms with Crippen LogP contribution in [0.25, 0.3) is 10.8 Å². The van der Waals surface area contributed by atoms with Crippen LogP contribution in [0.1, 0.15) is 16.1 Å². The molecule has 1 N–H and O–H groups in total. The minimum absolute atomic E-state index is 0.0527. The lowest BCUT2D eigenvalue weighted by molar-refractivity contribution is -0.129. The molecule has 0 aliphatic carbocycles. The average molecular weight is 322 g/mol. The lowest BCUT2D eigenvalue weighted by Crippen LogP contribution is -2.37. The van der Waals surface area contributed by atoms with Gasteiger partial charge in [0.25, 0.3) is 5.91 Å². The van der Waals surface area contributed by atoms with E-state index >= 15 is 0 Å². The van der Waals surface area contributed by atoms with Gasteiger partial charge in [-0.15, -0.1) is 0 Å². The number of furan rings is 1. The number of amides is 2. The molecule has 0 unspecified atom stereocenters. The van der Waals surface area contributed by atoms with E-state index in [0.29, 0.717) is 17.9 Å². The molecule has 24 heavy (non-hydrogen) atoms. The van der Waals surface area contributed by atoms with Crippen LogP contribution >= 0.6 is 0 Å². The molecule has 0 radical (unpaired) electrons. The van der Waals surface area contributed by atoms with Crippen molar-refractivity contribution in [2.75, 3.05) is 13.6 Å². The van der Waals surface area contributed by atoms with Crippen molar-refractivity contribution >= 4 is 22.6 Å². The molecule has 0 saturated heterocycles. The van der Waals surface area contributed by atoms with Gasteiger partial charge in [-0.3, -0.25) is 9.59 Å². The van der Waals surface area contributed by atoms with Crippen LogP contribution in [0.2, 0.25) is 0 Å². The van der Waals surface area contributed by atoms with E-state index in [2.05, 4.69) is 5.32 Å². The van der Waals surface area contributed by atoms with Gasteiger partial charge in [0, 0.05) is 12.6 Å². The van der Waals surface area contributed by atoms with E-state index in [1.54, 1.807) is 31.5 Å². The molecule has 1 heterocycles. The molecule has 0 atom stereocenters. The molecule has 122 valence electrons. The predicted molar refractivity (Wildman–Crippen MR) is 91.5 cm³/mol. The van der Waals surface area contributed by atoms with Crippen LogP contribution in [-0.4, -0.2) is 30.3 Å². The molecule has 3 rings (SSSR count). The Hall–Kier alpha value is -3.08. The first kappa shape index (κ1) is 15.8. The van der Waals surface area contributed by atoms with Crippen LogP contribution in [0.5, 0.6) is 0 Å². The fourth-order valence-corrected chi connectivity index (χ4v) is 2.45. The molecule has 0 aliphatic rings. The number of benzene rings is 2. The number of likely N-dealkylation sites (N-methyl/N-ethyl adjacent to an activating group) is 1. The number of carbonyl (C=O) groups excluding carboxylic acids is 2. The van der Waals surface area contributed by atoms with Gasteiger partial charge < -0.3 is 14.6 Å². The molecule has 2 aromatic carbocycles. The summed E-state index contributed by atoms with van der Waals surface area (Å²) in [6, 6.07) is 16.9. The van der Waals surface area contributed by atoms with Crippen LogP contribution in [-0.2, 0) is 11.3 Å². The van der Waals surface area contributed by atoms with E-state index in [9.17, 15) is 9.59 Å². The second-order valence-electron chi connectivity index (χ2n) is 5.57. The molecular formula is C19H18N2O3. The Bertz CT molecular complexity index is 856. The Balaban J connectivity index is 1.58. The molecule has 5 heteroatoms. The number of nitrogens with one attached hydrogen (secondary N) is 1. The van der Waals surface area contributed by atoms with Crippen LogP contribution in [0, 0.1) is 0 Å². The SMILES string of the molecule is CN(Cc1ccco1)C(=O)CNC(=O)c1ccc2ccccc2c1. The summed E-state index contributed by atoms with van der Waals surface area (Å²) in [7, 11) is 1.67. The summed E-state index contributed by atoms with van der Waals surface area (Å²) in [5.41, 5.74) is 0.537. The second-order valence-corrected chi connectivity index (χ2v) is 5.57. The zero-order valence-electron chi connectivity index (χ0n) is 13.4. The first-order valence-corrected chi connectivity index (χ1v) is 7.67. The van der Waals surface area contributed by atoms with Gasteiger partial charge in [-0.25, -0.2) is 0 Å². The average Bonchev–Trinajstić information content (AvgIpc) is 3.11. The van der Waals surface area contributed by atoms with Crippen molar-refractivity contribution in [1.29, 1.82) is 0 Å². The number of fused-ring (bicyclic) bond motifs is 1. The molecule has 0 spiro atoms. The summed E-state index contributed by atoms with van der Waals surface area (Å²) >= 11 is 0. The summed E-state index contributed by atoms with van der Waals surface area (Å²) in [4.78, 5) is 25.8. The normalized spacial score (nSPS) is 10.5. The summed E-state index contributed by atoms with van der Waals surface area (Å²) < 4.78 is 5.21. The maximum atomic E-state index is 12.2. The fourth-order valence-electron chi connectivity index (χ4n) is 2.45. The molecule has 0 aliphatic heterocycles. The number of rotatable bonds is 5. The third-order valence-electron chi connectivity index (χ3n) is 3.81. The maximum Gasteiger partial charge on any atom is 0.251 e. The quantitative estimate of drug-likeness (QED) is 0.785. The Kier molecular flexibility index (Phi) is 4.61. The largest absolute Gasteiger partial charge is 0.467 e. The monoisotopic (exact) mass is 322 g/mol. The highest BCUT2D eigenvalue weighted by Gasteiger charge is 2.13. The fraction of sp³-hybridized carbons (Fsp3) is 0.158. The Morgan fingerprint density at radius 3 is 2.58 bits per heavy atom. The van der Waals surface area contributed by atoms with Gasteiger partial charge in [0.15, 0.2) is 0 Å². The van der Waals surface area contributed by atoms with Crippen molar-refractivity contribution in [3.05, 3.63) is 72.2 Å². The number of hydrogen-bond donors (Lipinski definition) is 1. The Morgan fingerprint density at radius 2 is 1.83 bits per heavy atom.